The molecule has 1 aromatic heterocycles. The van der Waals surface area contributed by atoms with Gasteiger partial charge in [0.25, 0.3) is 0 Å². The average Bonchev–Trinajstić information content (AvgIpc) is 2.56. The van der Waals surface area contributed by atoms with Crippen molar-refractivity contribution in [3.8, 4) is 0 Å². The number of aromatic nitrogens is 2. The van der Waals surface area contributed by atoms with Gasteiger partial charge in [0, 0.05) is 10.9 Å². The number of anilines is 1. The van der Waals surface area contributed by atoms with Crippen LogP contribution >= 0.6 is 0 Å². The maximum atomic E-state index is 9.47. The lowest BCUT2D eigenvalue weighted by Gasteiger charge is -2.38. The van der Waals surface area contributed by atoms with Gasteiger partial charge in [-0.2, -0.15) is 0 Å². The lowest BCUT2D eigenvalue weighted by molar-refractivity contribution is 0.0532. The smallest absolute Gasteiger partial charge is 0.230 e. The second kappa shape index (κ2) is 6.57. The van der Waals surface area contributed by atoms with Gasteiger partial charge in [-0.1, -0.05) is 11.6 Å². The number of hydrogen-bond donors (Lipinski definition) is 3. The van der Waals surface area contributed by atoms with E-state index in [0.717, 1.165) is 22.2 Å². The van der Waals surface area contributed by atoms with Crippen molar-refractivity contribution in [1.82, 2.24) is 20.2 Å². The zero-order valence-corrected chi connectivity index (χ0v) is 15.5. The van der Waals surface area contributed by atoms with E-state index >= 15 is 0 Å². The number of benzene rings is 1. The normalized spacial score (nSPS) is 15.8. The Morgan fingerprint density at radius 1 is 1.24 bits per heavy atom. The van der Waals surface area contributed by atoms with Gasteiger partial charge in [0.05, 0.1) is 31.2 Å². The summed E-state index contributed by atoms with van der Waals surface area (Å²) in [5.74, 6) is 1.19. The Bertz CT molecular complexity index is 830. The molecule has 134 valence electrons. The Hall–Kier alpha value is -2.25. The fourth-order valence-electron chi connectivity index (χ4n) is 2.92. The molecule has 0 amide bonds. The molecule has 2 heterocycles. The number of aliphatic imine (C=N–C) groups is 1. The van der Waals surface area contributed by atoms with Crippen LogP contribution in [0.2, 0.25) is 0 Å². The third-order valence-electron chi connectivity index (χ3n) is 4.64. The number of aliphatic hydroxyl groups is 1. The minimum Gasteiger partial charge on any atom is -0.394 e. The third-order valence-corrected chi connectivity index (χ3v) is 4.64. The van der Waals surface area contributed by atoms with Crippen LogP contribution in [0.3, 0.4) is 0 Å². The molecule has 3 N–H and O–H groups in total. The van der Waals surface area contributed by atoms with Crippen molar-refractivity contribution in [2.45, 2.75) is 40.2 Å². The second-order valence-corrected chi connectivity index (χ2v) is 7.23. The highest BCUT2D eigenvalue weighted by molar-refractivity contribution is 5.94. The van der Waals surface area contributed by atoms with Crippen molar-refractivity contribution in [3.05, 3.63) is 29.0 Å². The zero-order valence-electron chi connectivity index (χ0n) is 15.5. The van der Waals surface area contributed by atoms with E-state index in [1.165, 1.54) is 5.56 Å². The first-order chi connectivity index (χ1) is 11.8. The minimum absolute atomic E-state index is 0.0820. The van der Waals surface area contributed by atoms with Crippen LogP contribution in [0.5, 0.6) is 0 Å². The predicted octanol–water partition coefficient (Wildman–Crippen LogP) is 1.91. The molecule has 7 nitrogen and oxygen atoms in total. The van der Waals surface area contributed by atoms with Crippen molar-refractivity contribution in [3.63, 3.8) is 0 Å². The van der Waals surface area contributed by atoms with E-state index in [-0.39, 0.29) is 12.1 Å². The standard InChI is InChI=1S/C18H26N6O/c1-11-6-12(2)15-14(7-11)13(3)21-17(22-15)23-16-19-9-24(10-20-16)18(4,5)8-25/h6-7,25H,8-10H2,1-5H3,(H2,19,20,21,22,23). The fraction of sp³-hybridized carbons (Fsp3) is 0.500. The molecule has 1 aliphatic rings. The van der Waals surface area contributed by atoms with Crippen LogP contribution in [0, 0.1) is 20.8 Å². The van der Waals surface area contributed by atoms with Crippen LogP contribution in [-0.2, 0) is 0 Å². The molecule has 0 saturated carbocycles. The maximum Gasteiger partial charge on any atom is 0.230 e. The van der Waals surface area contributed by atoms with Crippen LogP contribution in [-0.4, -0.2) is 51.4 Å². The molecule has 25 heavy (non-hydrogen) atoms. The monoisotopic (exact) mass is 342 g/mol. The Labute approximate surface area is 148 Å². The first-order valence-corrected chi connectivity index (χ1v) is 8.47. The van der Waals surface area contributed by atoms with Crippen LogP contribution < -0.4 is 10.6 Å². The summed E-state index contributed by atoms with van der Waals surface area (Å²) in [6, 6.07) is 4.25. The third kappa shape index (κ3) is 3.57. The molecule has 1 aromatic carbocycles. The van der Waals surface area contributed by atoms with E-state index in [9.17, 15) is 5.11 Å². The summed E-state index contributed by atoms with van der Waals surface area (Å²) in [6.07, 6.45) is 0. The molecule has 0 bridgehead atoms. The quantitative estimate of drug-likeness (QED) is 0.790. The highest BCUT2D eigenvalue weighted by atomic mass is 16.3. The highest BCUT2D eigenvalue weighted by Gasteiger charge is 2.27. The summed E-state index contributed by atoms with van der Waals surface area (Å²) in [4.78, 5) is 15.8. The first-order valence-electron chi connectivity index (χ1n) is 8.47. The van der Waals surface area contributed by atoms with E-state index in [2.05, 4.69) is 56.5 Å². The summed E-state index contributed by atoms with van der Waals surface area (Å²) in [5, 5.41) is 16.9. The van der Waals surface area contributed by atoms with Crippen molar-refractivity contribution < 1.29 is 5.11 Å². The molecule has 7 heteroatoms. The molecule has 0 saturated heterocycles. The maximum absolute atomic E-state index is 9.47. The van der Waals surface area contributed by atoms with E-state index in [0.29, 0.717) is 25.2 Å². The molecule has 1 aliphatic heterocycles. The van der Waals surface area contributed by atoms with E-state index in [4.69, 9.17) is 0 Å². The van der Waals surface area contributed by atoms with Gasteiger partial charge < -0.3 is 10.4 Å². The SMILES string of the molecule is Cc1cc(C)c2nc(NC3=NCN(C(C)(C)CO)CN3)nc(C)c2c1. The minimum atomic E-state index is -0.312. The van der Waals surface area contributed by atoms with Gasteiger partial charge in [-0.3, -0.25) is 10.2 Å². The molecule has 3 rings (SSSR count). The van der Waals surface area contributed by atoms with E-state index in [1.54, 1.807) is 0 Å². The van der Waals surface area contributed by atoms with Gasteiger partial charge in [0.1, 0.15) is 0 Å². The summed E-state index contributed by atoms with van der Waals surface area (Å²) < 4.78 is 0. The Kier molecular flexibility index (Phi) is 4.62. The van der Waals surface area contributed by atoms with Crippen molar-refractivity contribution in [2.75, 3.05) is 25.3 Å². The second-order valence-electron chi connectivity index (χ2n) is 7.23. The molecule has 0 unspecified atom stereocenters. The van der Waals surface area contributed by atoms with Crippen LogP contribution in [0.15, 0.2) is 17.1 Å². The zero-order chi connectivity index (χ0) is 18.2. The molecule has 0 spiro atoms. The summed E-state index contributed by atoms with van der Waals surface area (Å²) in [5.41, 5.74) is 3.94. The van der Waals surface area contributed by atoms with Gasteiger partial charge in [-0.05, 0) is 46.2 Å². The van der Waals surface area contributed by atoms with Crippen LogP contribution in [0.4, 0.5) is 5.95 Å². The number of nitrogens with one attached hydrogen (secondary N) is 2. The summed E-state index contributed by atoms with van der Waals surface area (Å²) in [6.45, 7) is 11.3. The number of rotatable bonds is 3. The number of guanidine groups is 1. The highest BCUT2D eigenvalue weighted by Crippen LogP contribution is 2.22. The summed E-state index contributed by atoms with van der Waals surface area (Å²) in [7, 11) is 0. The molecular formula is C18H26N6O. The van der Waals surface area contributed by atoms with E-state index in [1.807, 2.05) is 20.8 Å². The van der Waals surface area contributed by atoms with Gasteiger partial charge in [-0.15, -0.1) is 0 Å². The topological polar surface area (TPSA) is 85.7 Å². The molecule has 0 radical (unpaired) electrons. The van der Waals surface area contributed by atoms with Gasteiger partial charge in [0.2, 0.25) is 11.9 Å². The van der Waals surface area contributed by atoms with Gasteiger partial charge >= 0.3 is 0 Å². The van der Waals surface area contributed by atoms with Crippen molar-refractivity contribution >= 4 is 22.8 Å². The molecule has 0 fully saturated rings. The molecule has 0 aliphatic carbocycles. The van der Waals surface area contributed by atoms with Gasteiger partial charge in [-0.25, -0.2) is 15.0 Å². The number of aliphatic hydroxyl groups excluding tert-OH is 1. The molecule has 2 aromatic rings. The van der Waals surface area contributed by atoms with Crippen LogP contribution in [0.1, 0.15) is 30.7 Å². The molecular weight excluding hydrogens is 316 g/mol. The number of fused-ring (bicyclic) bond motifs is 1. The largest absolute Gasteiger partial charge is 0.394 e. The van der Waals surface area contributed by atoms with Crippen molar-refractivity contribution in [1.29, 1.82) is 0 Å². The first kappa shape index (κ1) is 17.6. The Morgan fingerprint density at radius 2 is 2.00 bits per heavy atom. The van der Waals surface area contributed by atoms with Crippen LogP contribution in [0.25, 0.3) is 10.9 Å². The Morgan fingerprint density at radius 3 is 2.64 bits per heavy atom. The number of aryl methyl sites for hydroxylation is 3. The fourth-order valence-corrected chi connectivity index (χ4v) is 2.92. The van der Waals surface area contributed by atoms with Gasteiger partial charge in [0.15, 0.2) is 0 Å². The van der Waals surface area contributed by atoms with Crippen molar-refractivity contribution in [2.24, 2.45) is 4.99 Å². The lowest BCUT2D eigenvalue weighted by Crippen LogP contribution is -2.55. The summed E-state index contributed by atoms with van der Waals surface area (Å²) >= 11 is 0. The number of nitrogens with zero attached hydrogens (tertiary/aromatic N) is 4. The Balaban J connectivity index is 1.82. The van der Waals surface area contributed by atoms with E-state index < -0.39 is 0 Å². The number of hydrogen-bond acceptors (Lipinski definition) is 7. The molecule has 0 atom stereocenters. The predicted molar refractivity (Wildman–Crippen MR) is 101 cm³/mol. The average molecular weight is 342 g/mol. The lowest BCUT2D eigenvalue weighted by atomic mass is 10.1.